The van der Waals surface area contributed by atoms with Crippen molar-refractivity contribution < 1.29 is 13.9 Å². The van der Waals surface area contributed by atoms with Crippen LogP contribution >= 0.6 is 0 Å². The van der Waals surface area contributed by atoms with Gasteiger partial charge in [-0.25, -0.2) is 8.78 Å². The Morgan fingerprint density at radius 3 is 2.29 bits per heavy atom. The van der Waals surface area contributed by atoms with E-state index in [4.69, 9.17) is 0 Å². The summed E-state index contributed by atoms with van der Waals surface area (Å²) in [5, 5.41) is 10.00. The van der Waals surface area contributed by atoms with Crippen molar-refractivity contribution in [3.05, 3.63) is 35.4 Å². The molecule has 0 heterocycles. The van der Waals surface area contributed by atoms with Gasteiger partial charge in [-0.2, -0.15) is 0 Å². The van der Waals surface area contributed by atoms with Gasteiger partial charge in [-0.05, 0) is 18.9 Å². The van der Waals surface area contributed by atoms with Crippen molar-refractivity contribution in [3.8, 4) is 0 Å². The number of hydrogen-bond acceptors (Lipinski definition) is 1. The molecule has 1 aromatic rings. The zero-order valence-corrected chi connectivity index (χ0v) is 8.35. The van der Waals surface area contributed by atoms with Crippen LogP contribution in [0.5, 0.6) is 0 Å². The molecule has 0 aromatic heterocycles. The van der Waals surface area contributed by atoms with Crippen molar-refractivity contribution in [3.63, 3.8) is 0 Å². The molecule has 0 unspecified atom stereocenters. The van der Waals surface area contributed by atoms with E-state index in [-0.39, 0.29) is 5.56 Å². The van der Waals surface area contributed by atoms with Crippen molar-refractivity contribution in [2.45, 2.75) is 32.3 Å². The maximum Gasteiger partial charge on any atom is 0.164 e. The van der Waals surface area contributed by atoms with Crippen LogP contribution in [-0.2, 0) is 5.60 Å². The minimum atomic E-state index is -1.26. The average Bonchev–Trinajstić information content (AvgIpc) is 2.21. The summed E-state index contributed by atoms with van der Waals surface area (Å²) in [4.78, 5) is 0. The van der Waals surface area contributed by atoms with Crippen LogP contribution < -0.4 is 0 Å². The summed E-state index contributed by atoms with van der Waals surface area (Å²) < 4.78 is 26.2. The van der Waals surface area contributed by atoms with Crippen molar-refractivity contribution in [2.24, 2.45) is 0 Å². The van der Waals surface area contributed by atoms with Gasteiger partial charge in [-0.1, -0.05) is 26.0 Å². The summed E-state index contributed by atoms with van der Waals surface area (Å²) in [6.45, 7) is 3.49. The van der Waals surface area contributed by atoms with Crippen LogP contribution in [0.2, 0.25) is 0 Å². The zero-order chi connectivity index (χ0) is 10.8. The molecule has 3 heteroatoms. The quantitative estimate of drug-likeness (QED) is 0.795. The fraction of sp³-hybridized carbons (Fsp3) is 0.455. The number of halogens is 2. The van der Waals surface area contributed by atoms with Gasteiger partial charge in [0.25, 0.3) is 0 Å². The van der Waals surface area contributed by atoms with E-state index in [0.29, 0.717) is 12.8 Å². The van der Waals surface area contributed by atoms with E-state index in [9.17, 15) is 13.9 Å². The Labute approximate surface area is 82.4 Å². The minimum absolute atomic E-state index is 0.0440. The Kier molecular flexibility index (Phi) is 3.21. The van der Waals surface area contributed by atoms with Crippen LogP contribution in [0.3, 0.4) is 0 Å². The van der Waals surface area contributed by atoms with Gasteiger partial charge in [0.15, 0.2) is 11.6 Å². The monoisotopic (exact) mass is 200 g/mol. The highest BCUT2D eigenvalue weighted by Crippen LogP contribution is 2.31. The Bertz CT molecular complexity index is 319. The van der Waals surface area contributed by atoms with Crippen LogP contribution in [-0.4, -0.2) is 5.11 Å². The highest BCUT2D eigenvalue weighted by atomic mass is 19.2. The summed E-state index contributed by atoms with van der Waals surface area (Å²) in [6, 6.07) is 3.88. The molecule has 0 saturated heterocycles. The summed E-state index contributed by atoms with van der Waals surface area (Å²) >= 11 is 0. The van der Waals surface area contributed by atoms with E-state index in [0.717, 1.165) is 6.07 Å². The van der Waals surface area contributed by atoms with Crippen LogP contribution in [0.15, 0.2) is 18.2 Å². The third-order valence-electron chi connectivity index (χ3n) is 2.62. The molecule has 1 nitrogen and oxygen atoms in total. The number of rotatable bonds is 3. The van der Waals surface area contributed by atoms with Gasteiger partial charge in [0.2, 0.25) is 0 Å². The molecular formula is C11H14F2O. The van der Waals surface area contributed by atoms with E-state index in [1.165, 1.54) is 12.1 Å². The molecule has 1 N–H and O–H groups in total. The molecule has 0 radical (unpaired) electrons. The Morgan fingerprint density at radius 1 is 1.21 bits per heavy atom. The van der Waals surface area contributed by atoms with Crippen LogP contribution in [0.1, 0.15) is 32.3 Å². The molecule has 0 aliphatic carbocycles. The number of benzene rings is 1. The molecule has 0 saturated carbocycles. The molecule has 0 aliphatic heterocycles. The van der Waals surface area contributed by atoms with E-state index < -0.39 is 17.2 Å². The summed E-state index contributed by atoms with van der Waals surface area (Å²) in [5.74, 6) is -1.86. The lowest BCUT2D eigenvalue weighted by molar-refractivity contribution is 0.0242. The minimum Gasteiger partial charge on any atom is -0.385 e. The maximum atomic E-state index is 13.3. The summed E-state index contributed by atoms with van der Waals surface area (Å²) in [5.41, 5.74) is -1.21. The predicted octanol–water partition coefficient (Wildman–Crippen LogP) is 2.97. The van der Waals surface area contributed by atoms with Crippen molar-refractivity contribution in [1.82, 2.24) is 0 Å². The van der Waals surface area contributed by atoms with Crippen molar-refractivity contribution in [1.29, 1.82) is 0 Å². The predicted molar refractivity (Wildman–Crippen MR) is 50.8 cm³/mol. The smallest absolute Gasteiger partial charge is 0.164 e. The molecule has 0 aliphatic rings. The fourth-order valence-electron chi connectivity index (χ4n) is 1.49. The molecule has 0 spiro atoms. The van der Waals surface area contributed by atoms with E-state index in [1.807, 2.05) is 0 Å². The number of aliphatic hydroxyl groups is 1. The fourth-order valence-corrected chi connectivity index (χ4v) is 1.49. The maximum absolute atomic E-state index is 13.3. The Balaban J connectivity index is 3.24. The number of hydrogen-bond donors (Lipinski definition) is 1. The Hall–Kier alpha value is -0.960. The van der Waals surface area contributed by atoms with Crippen molar-refractivity contribution >= 4 is 0 Å². The third kappa shape index (κ3) is 1.77. The summed E-state index contributed by atoms with van der Waals surface area (Å²) in [6.07, 6.45) is 0.730. The molecule has 1 rings (SSSR count). The van der Waals surface area contributed by atoms with Gasteiger partial charge in [0.05, 0.1) is 5.60 Å². The van der Waals surface area contributed by atoms with Crippen molar-refractivity contribution in [2.75, 3.05) is 0 Å². The lowest BCUT2D eigenvalue weighted by atomic mass is 9.88. The SMILES string of the molecule is CCC(O)(CC)c1cccc(F)c1F. The highest BCUT2D eigenvalue weighted by molar-refractivity contribution is 5.25. The van der Waals surface area contributed by atoms with E-state index in [2.05, 4.69) is 0 Å². The largest absolute Gasteiger partial charge is 0.385 e. The zero-order valence-electron chi connectivity index (χ0n) is 8.35. The second kappa shape index (κ2) is 4.05. The second-order valence-electron chi connectivity index (χ2n) is 3.34. The molecule has 1 aromatic carbocycles. The van der Waals surface area contributed by atoms with Crippen LogP contribution in [0.4, 0.5) is 8.78 Å². The first-order valence-electron chi connectivity index (χ1n) is 4.72. The lowest BCUT2D eigenvalue weighted by Crippen LogP contribution is -2.25. The first kappa shape index (κ1) is 11.1. The van der Waals surface area contributed by atoms with Crippen LogP contribution in [0, 0.1) is 11.6 Å². The van der Waals surface area contributed by atoms with Gasteiger partial charge in [-0.15, -0.1) is 0 Å². The van der Waals surface area contributed by atoms with Gasteiger partial charge >= 0.3 is 0 Å². The lowest BCUT2D eigenvalue weighted by Gasteiger charge is -2.26. The van der Waals surface area contributed by atoms with E-state index >= 15 is 0 Å². The highest BCUT2D eigenvalue weighted by Gasteiger charge is 2.29. The molecule has 0 atom stereocenters. The second-order valence-corrected chi connectivity index (χ2v) is 3.34. The molecule has 0 amide bonds. The summed E-state index contributed by atoms with van der Waals surface area (Å²) in [7, 11) is 0. The van der Waals surface area contributed by atoms with Gasteiger partial charge < -0.3 is 5.11 Å². The molecule has 14 heavy (non-hydrogen) atoms. The van der Waals surface area contributed by atoms with Crippen LogP contribution in [0.25, 0.3) is 0 Å². The topological polar surface area (TPSA) is 20.2 Å². The first-order chi connectivity index (χ1) is 6.55. The van der Waals surface area contributed by atoms with Gasteiger partial charge in [0.1, 0.15) is 0 Å². The standard InChI is InChI=1S/C11H14F2O/c1-3-11(14,4-2)8-6-5-7-9(12)10(8)13/h5-7,14H,3-4H2,1-2H3. The molecule has 78 valence electrons. The average molecular weight is 200 g/mol. The molecular weight excluding hydrogens is 186 g/mol. The van der Waals surface area contributed by atoms with Gasteiger partial charge in [0, 0.05) is 5.56 Å². The third-order valence-corrected chi connectivity index (χ3v) is 2.62. The normalized spacial score (nSPS) is 11.8. The van der Waals surface area contributed by atoms with Gasteiger partial charge in [-0.3, -0.25) is 0 Å². The first-order valence-corrected chi connectivity index (χ1v) is 4.72. The molecule has 0 fully saturated rings. The molecule has 0 bridgehead atoms. The van der Waals surface area contributed by atoms with E-state index in [1.54, 1.807) is 13.8 Å². The Morgan fingerprint density at radius 2 is 1.79 bits per heavy atom.